The zero-order valence-corrected chi connectivity index (χ0v) is 19.0. The van der Waals surface area contributed by atoms with E-state index in [-0.39, 0.29) is 11.1 Å². The zero-order chi connectivity index (χ0) is 23.2. The summed E-state index contributed by atoms with van der Waals surface area (Å²) in [7, 11) is 1.80. The highest BCUT2D eigenvalue weighted by Crippen LogP contribution is 2.30. The van der Waals surface area contributed by atoms with E-state index in [0.29, 0.717) is 17.1 Å². The highest BCUT2D eigenvalue weighted by Gasteiger charge is 2.31. The van der Waals surface area contributed by atoms with Crippen LogP contribution in [-0.4, -0.2) is 42.6 Å². The molecule has 0 atom stereocenters. The van der Waals surface area contributed by atoms with Crippen LogP contribution in [0.15, 0.2) is 48.8 Å². The molecule has 4 aromatic rings. The third kappa shape index (κ3) is 4.26. The van der Waals surface area contributed by atoms with Gasteiger partial charge in [0.05, 0.1) is 16.8 Å². The van der Waals surface area contributed by atoms with Crippen molar-refractivity contribution in [3.8, 4) is 11.3 Å². The number of anilines is 1. The van der Waals surface area contributed by atoms with Gasteiger partial charge in [0.1, 0.15) is 11.6 Å². The number of aryl methyl sites for hydroxylation is 1. The molecule has 5 rings (SSSR count). The third-order valence-corrected chi connectivity index (χ3v) is 6.46. The number of benzene rings is 1. The Morgan fingerprint density at radius 1 is 1.24 bits per heavy atom. The number of hydrogen-bond acceptors (Lipinski definition) is 4. The van der Waals surface area contributed by atoms with Crippen LogP contribution >= 0.6 is 0 Å². The van der Waals surface area contributed by atoms with Crippen LogP contribution in [0.3, 0.4) is 0 Å². The van der Waals surface area contributed by atoms with Crippen molar-refractivity contribution in [3.63, 3.8) is 0 Å². The molecular weight excluding hydrogens is 419 g/mol. The maximum absolute atomic E-state index is 14.7. The van der Waals surface area contributed by atoms with E-state index in [4.69, 9.17) is 0 Å². The molecule has 0 aliphatic carbocycles. The average Bonchev–Trinajstić information content (AvgIpc) is 3.46. The van der Waals surface area contributed by atoms with E-state index in [2.05, 4.69) is 45.2 Å². The second kappa shape index (κ2) is 8.12. The number of hydrogen-bond donors (Lipinski definition) is 2. The Hall–Kier alpha value is -3.52. The lowest BCUT2D eigenvalue weighted by Gasteiger charge is -2.31. The lowest BCUT2D eigenvalue weighted by molar-refractivity contribution is 0.102. The molecular formula is C25H27FN6O. The van der Waals surface area contributed by atoms with Gasteiger partial charge < -0.3 is 10.3 Å². The minimum absolute atomic E-state index is 0.0417. The summed E-state index contributed by atoms with van der Waals surface area (Å²) in [6.45, 7) is 6.49. The molecule has 7 nitrogen and oxygen atoms in total. The van der Waals surface area contributed by atoms with Gasteiger partial charge in [-0.25, -0.2) is 9.37 Å². The molecule has 4 heterocycles. The molecule has 0 bridgehead atoms. The maximum atomic E-state index is 14.7. The van der Waals surface area contributed by atoms with Gasteiger partial charge in [0, 0.05) is 54.2 Å². The molecule has 8 heteroatoms. The number of rotatable bonds is 5. The molecule has 1 aliphatic rings. The van der Waals surface area contributed by atoms with Crippen LogP contribution in [-0.2, 0) is 13.6 Å². The summed E-state index contributed by atoms with van der Waals surface area (Å²) < 4.78 is 16.3. The van der Waals surface area contributed by atoms with Crippen molar-refractivity contribution in [2.75, 3.05) is 11.9 Å². The fourth-order valence-corrected chi connectivity index (χ4v) is 4.51. The van der Waals surface area contributed by atoms with E-state index in [1.54, 1.807) is 42.3 Å². The Bertz CT molecular complexity index is 1340. The minimum atomic E-state index is -0.605. The van der Waals surface area contributed by atoms with E-state index >= 15 is 0 Å². The second-order valence-corrected chi connectivity index (χ2v) is 9.31. The van der Waals surface area contributed by atoms with E-state index in [9.17, 15) is 9.18 Å². The van der Waals surface area contributed by atoms with Crippen LogP contribution in [0.25, 0.3) is 22.2 Å². The van der Waals surface area contributed by atoms with Crippen LogP contribution in [0, 0.1) is 5.82 Å². The maximum Gasteiger partial charge on any atom is 0.259 e. The van der Waals surface area contributed by atoms with E-state index in [1.807, 2.05) is 0 Å². The molecule has 1 amide bonds. The number of amides is 1. The third-order valence-electron chi connectivity index (χ3n) is 6.46. The summed E-state index contributed by atoms with van der Waals surface area (Å²) in [5.41, 5.74) is 3.42. The highest BCUT2D eigenvalue weighted by molar-refractivity contribution is 6.04. The fourth-order valence-electron chi connectivity index (χ4n) is 4.51. The van der Waals surface area contributed by atoms with E-state index < -0.39 is 11.7 Å². The molecule has 0 saturated carbocycles. The lowest BCUT2D eigenvalue weighted by Crippen LogP contribution is -2.37. The number of nitrogens with one attached hydrogen (secondary N) is 2. The van der Waals surface area contributed by atoms with Crippen LogP contribution in [0.2, 0.25) is 0 Å². The van der Waals surface area contributed by atoms with Gasteiger partial charge >= 0.3 is 0 Å². The van der Waals surface area contributed by atoms with E-state index in [0.717, 1.165) is 29.7 Å². The van der Waals surface area contributed by atoms with Gasteiger partial charge in [0.2, 0.25) is 0 Å². The number of fused-ring (bicyclic) bond motifs is 1. The Morgan fingerprint density at radius 2 is 2.09 bits per heavy atom. The van der Waals surface area contributed by atoms with Crippen LogP contribution in [0.4, 0.5) is 10.2 Å². The first-order valence-corrected chi connectivity index (χ1v) is 11.1. The summed E-state index contributed by atoms with van der Waals surface area (Å²) in [5, 5.41) is 7.96. The molecule has 1 saturated heterocycles. The summed E-state index contributed by atoms with van der Waals surface area (Å²) in [6, 6.07) is 10.2. The number of aromatic amines is 1. The molecule has 3 aromatic heterocycles. The quantitative estimate of drug-likeness (QED) is 0.465. The summed E-state index contributed by atoms with van der Waals surface area (Å²) in [6.07, 6.45) is 5.92. The number of aromatic nitrogens is 4. The summed E-state index contributed by atoms with van der Waals surface area (Å²) in [5.74, 6) is -0.778. The Balaban J connectivity index is 1.32. The van der Waals surface area contributed by atoms with Crippen LogP contribution < -0.4 is 5.32 Å². The van der Waals surface area contributed by atoms with Gasteiger partial charge in [0.25, 0.3) is 5.91 Å². The average molecular weight is 447 g/mol. The SMILES string of the molecule is Cn1ccc(-c2ccc(C(=O)Nc3cc4[nH]c(CN5CCCC5(C)C)cc4cn3)c(F)c2)n1. The van der Waals surface area contributed by atoms with Crippen molar-refractivity contribution in [3.05, 3.63) is 65.9 Å². The fraction of sp³-hybridized carbons (Fsp3) is 0.320. The Kier molecular flexibility index (Phi) is 5.25. The molecule has 0 unspecified atom stereocenters. The van der Waals surface area contributed by atoms with Crippen molar-refractivity contribution < 1.29 is 9.18 Å². The number of pyridine rings is 1. The standard InChI is InChI=1S/C25H27FN6O/c1-25(2)8-4-9-32(25)15-18-11-17-14-27-23(13-22(17)28-18)29-24(33)19-6-5-16(12-20(19)26)21-7-10-31(3)30-21/h5-7,10-14,28H,4,8-9,15H2,1-3H3,(H,27,29,33). The molecule has 1 fully saturated rings. The summed E-state index contributed by atoms with van der Waals surface area (Å²) in [4.78, 5) is 23.0. The lowest BCUT2D eigenvalue weighted by atomic mass is 10.0. The Labute approximate surface area is 191 Å². The predicted octanol–water partition coefficient (Wildman–Crippen LogP) is 4.73. The van der Waals surface area contributed by atoms with Gasteiger partial charge in [0.15, 0.2) is 0 Å². The normalized spacial score (nSPS) is 15.9. The van der Waals surface area contributed by atoms with Crippen LogP contribution in [0.5, 0.6) is 0 Å². The monoisotopic (exact) mass is 446 g/mol. The number of H-pyrrole nitrogens is 1. The molecule has 0 spiro atoms. The number of carbonyl (C=O) groups is 1. The zero-order valence-electron chi connectivity index (χ0n) is 19.0. The number of nitrogens with zero attached hydrogens (tertiary/aromatic N) is 4. The number of carbonyl (C=O) groups excluding carboxylic acids is 1. The van der Waals surface area contributed by atoms with Crippen molar-refractivity contribution >= 4 is 22.6 Å². The molecule has 1 aromatic carbocycles. The highest BCUT2D eigenvalue weighted by atomic mass is 19.1. The second-order valence-electron chi connectivity index (χ2n) is 9.31. The first-order valence-electron chi connectivity index (χ1n) is 11.1. The number of likely N-dealkylation sites (tertiary alicyclic amines) is 1. The molecule has 170 valence electrons. The van der Waals surface area contributed by atoms with Gasteiger partial charge in [-0.15, -0.1) is 0 Å². The minimum Gasteiger partial charge on any atom is -0.357 e. The molecule has 1 aliphatic heterocycles. The molecule has 0 radical (unpaired) electrons. The van der Waals surface area contributed by atoms with Crippen molar-refractivity contribution in [1.82, 2.24) is 24.6 Å². The molecule has 2 N–H and O–H groups in total. The van der Waals surface area contributed by atoms with Crippen molar-refractivity contribution in [2.24, 2.45) is 7.05 Å². The predicted molar refractivity (Wildman–Crippen MR) is 126 cm³/mol. The van der Waals surface area contributed by atoms with Crippen molar-refractivity contribution in [1.29, 1.82) is 0 Å². The van der Waals surface area contributed by atoms with Crippen molar-refractivity contribution in [2.45, 2.75) is 38.8 Å². The van der Waals surface area contributed by atoms with Crippen LogP contribution in [0.1, 0.15) is 42.7 Å². The molecule has 33 heavy (non-hydrogen) atoms. The topological polar surface area (TPSA) is 78.8 Å². The largest absolute Gasteiger partial charge is 0.357 e. The first-order chi connectivity index (χ1) is 15.8. The summed E-state index contributed by atoms with van der Waals surface area (Å²) >= 11 is 0. The Morgan fingerprint density at radius 3 is 2.79 bits per heavy atom. The van der Waals surface area contributed by atoms with E-state index in [1.165, 1.54) is 25.0 Å². The van der Waals surface area contributed by atoms with Gasteiger partial charge in [-0.2, -0.15) is 5.10 Å². The van der Waals surface area contributed by atoms with Gasteiger partial charge in [-0.1, -0.05) is 6.07 Å². The van der Waals surface area contributed by atoms with Gasteiger partial charge in [-0.3, -0.25) is 14.4 Å². The smallest absolute Gasteiger partial charge is 0.259 e. The first kappa shape index (κ1) is 21.3. The number of halogens is 1. The van der Waals surface area contributed by atoms with Gasteiger partial charge in [-0.05, 0) is 57.5 Å².